The van der Waals surface area contributed by atoms with Gasteiger partial charge in [-0.15, -0.1) is 11.8 Å². The maximum atomic E-state index is 5.64. The van der Waals surface area contributed by atoms with Gasteiger partial charge in [0.05, 0.1) is 11.7 Å². The smallest absolute Gasteiger partial charge is 0.0892 e. The van der Waals surface area contributed by atoms with Crippen molar-refractivity contribution in [2.24, 2.45) is 0 Å². The first kappa shape index (κ1) is 18.4. The lowest BCUT2D eigenvalue weighted by Gasteiger charge is -2.03. The van der Waals surface area contributed by atoms with E-state index in [0.29, 0.717) is 6.10 Å². The van der Waals surface area contributed by atoms with E-state index in [2.05, 4.69) is 70.2 Å². The van der Waals surface area contributed by atoms with E-state index < -0.39 is 0 Å². The van der Waals surface area contributed by atoms with Gasteiger partial charge in [-0.1, -0.05) is 41.5 Å². The summed E-state index contributed by atoms with van der Waals surface area (Å²) in [5.41, 5.74) is 3.13. The van der Waals surface area contributed by atoms with Crippen molar-refractivity contribution in [1.82, 2.24) is 0 Å². The fourth-order valence-corrected chi connectivity index (χ4v) is 3.56. The molecule has 0 radical (unpaired) electrons. The number of hydrogen-bond acceptors (Lipinski definition) is 2. The molecule has 1 heterocycles. The molecule has 1 aliphatic rings. The first-order valence-electron chi connectivity index (χ1n) is 8.64. The first-order valence-corrected chi connectivity index (χ1v) is 9.63. The van der Waals surface area contributed by atoms with Crippen LogP contribution in [0.3, 0.4) is 0 Å². The highest BCUT2D eigenvalue weighted by Crippen LogP contribution is 2.38. The second-order valence-electron chi connectivity index (χ2n) is 7.01. The highest BCUT2D eigenvalue weighted by molar-refractivity contribution is 7.99. The molecule has 1 fully saturated rings. The van der Waals surface area contributed by atoms with Crippen molar-refractivity contribution >= 4 is 11.8 Å². The maximum Gasteiger partial charge on any atom is 0.0892 e. The molecule has 0 aliphatic carbocycles. The molecule has 2 heteroatoms. The van der Waals surface area contributed by atoms with Crippen molar-refractivity contribution in [3.05, 3.63) is 53.6 Å². The predicted molar refractivity (Wildman–Crippen MR) is 102 cm³/mol. The molecule has 1 atom stereocenters. The third-order valence-corrected chi connectivity index (χ3v) is 5.36. The van der Waals surface area contributed by atoms with Crippen LogP contribution in [-0.2, 0) is 4.74 Å². The van der Waals surface area contributed by atoms with Gasteiger partial charge in [-0.05, 0) is 65.5 Å². The van der Waals surface area contributed by atoms with Crippen LogP contribution in [0, 0.1) is 0 Å². The van der Waals surface area contributed by atoms with Crippen molar-refractivity contribution in [1.29, 1.82) is 0 Å². The van der Waals surface area contributed by atoms with E-state index in [1.54, 1.807) is 0 Å². The number of epoxide rings is 1. The van der Waals surface area contributed by atoms with E-state index in [1.165, 1.54) is 22.5 Å². The minimum atomic E-state index is 0.135. The Hall–Kier alpha value is -0.990. The highest BCUT2D eigenvalue weighted by Gasteiger charge is 2.46. The van der Waals surface area contributed by atoms with E-state index in [-0.39, 0.29) is 5.60 Å². The summed E-state index contributed by atoms with van der Waals surface area (Å²) in [6.45, 7) is 8.85. The molecule has 1 unspecified atom stereocenters. The van der Waals surface area contributed by atoms with E-state index in [9.17, 15) is 0 Å². The molecule has 0 bridgehead atoms. The Morgan fingerprint density at radius 3 is 2.39 bits per heavy atom. The molecule has 1 aliphatic heterocycles. The third-order valence-electron chi connectivity index (χ3n) is 4.42. The summed E-state index contributed by atoms with van der Waals surface area (Å²) >= 11 is 1.90. The van der Waals surface area contributed by atoms with Gasteiger partial charge < -0.3 is 4.74 Å². The second-order valence-corrected chi connectivity index (χ2v) is 8.11. The Morgan fingerprint density at radius 1 is 1.09 bits per heavy atom. The molecule has 1 aromatic rings. The standard InChI is InChI=1S/C21H30OS/c1-17(13-14-20-21(3,4)22-20)9-8-10-18(2)15-16-23-19-11-6-5-7-12-19/h5-7,9,11-12,15,20H,8,10,13-14,16H2,1-4H3. The van der Waals surface area contributed by atoms with Crippen LogP contribution in [0.1, 0.15) is 53.4 Å². The monoisotopic (exact) mass is 330 g/mol. The van der Waals surface area contributed by atoms with Gasteiger partial charge in [-0.2, -0.15) is 0 Å². The molecule has 1 nitrogen and oxygen atoms in total. The summed E-state index contributed by atoms with van der Waals surface area (Å²) in [4.78, 5) is 1.34. The van der Waals surface area contributed by atoms with Gasteiger partial charge in [0.25, 0.3) is 0 Å². The molecule has 23 heavy (non-hydrogen) atoms. The zero-order valence-corrected chi connectivity index (χ0v) is 15.8. The average Bonchev–Trinajstić information content (AvgIpc) is 3.13. The van der Waals surface area contributed by atoms with Crippen LogP contribution in [0.15, 0.2) is 58.5 Å². The van der Waals surface area contributed by atoms with Crippen LogP contribution in [0.4, 0.5) is 0 Å². The fourth-order valence-electron chi connectivity index (χ4n) is 2.65. The van der Waals surface area contributed by atoms with Crippen molar-refractivity contribution in [2.75, 3.05) is 5.75 Å². The molecule has 0 aromatic heterocycles. The quantitative estimate of drug-likeness (QED) is 0.295. The van der Waals surface area contributed by atoms with E-state index in [0.717, 1.165) is 25.0 Å². The maximum absolute atomic E-state index is 5.64. The van der Waals surface area contributed by atoms with Crippen LogP contribution >= 0.6 is 11.8 Å². The minimum Gasteiger partial charge on any atom is -0.367 e. The number of thioether (sulfide) groups is 1. The van der Waals surface area contributed by atoms with Crippen LogP contribution < -0.4 is 0 Å². The second kappa shape index (κ2) is 8.75. The largest absolute Gasteiger partial charge is 0.367 e. The molecular formula is C21H30OS. The number of benzene rings is 1. The number of rotatable bonds is 9. The third kappa shape index (κ3) is 6.97. The lowest BCUT2D eigenvalue weighted by Crippen LogP contribution is -2.02. The summed E-state index contributed by atoms with van der Waals surface area (Å²) < 4.78 is 5.64. The summed E-state index contributed by atoms with van der Waals surface area (Å²) in [6.07, 6.45) is 9.89. The van der Waals surface area contributed by atoms with Gasteiger partial charge in [0.2, 0.25) is 0 Å². The van der Waals surface area contributed by atoms with Crippen molar-refractivity contribution in [2.45, 2.75) is 70.0 Å². The van der Waals surface area contributed by atoms with Crippen molar-refractivity contribution in [3.63, 3.8) is 0 Å². The molecule has 0 saturated carbocycles. The van der Waals surface area contributed by atoms with Crippen LogP contribution in [0.5, 0.6) is 0 Å². The van der Waals surface area contributed by atoms with Crippen molar-refractivity contribution < 1.29 is 4.74 Å². The molecule has 1 aromatic carbocycles. The Kier molecular flexibility index (Phi) is 6.98. The normalized spacial score (nSPS) is 20.6. The van der Waals surface area contributed by atoms with Crippen molar-refractivity contribution in [3.8, 4) is 0 Å². The van der Waals surface area contributed by atoms with Crippen LogP contribution in [-0.4, -0.2) is 17.5 Å². The molecule has 0 spiro atoms. The zero-order chi connectivity index (χ0) is 16.7. The van der Waals surface area contributed by atoms with Gasteiger partial charge in [0, 0.05) is 10.6 Å². The Labute approximate surface area is 146 Å². The van der Waals surface area contributed by atoms with Crippen LogP contribution in [0.25, 0.3) is 0 Å². The topological polar surface area (TPSA) is 12.5 Å². The molecule has 0 amide bonds. The Morgan fingerprint density at radius 2 is 1.74 bits per heavy atom. The van der Waals surface area contributed by atoms with E-state index in [1.807, 2.05) is 11.8 Å². The minimum absolute atomic E-state index is 0.135. The van der Waals surface area contributed by atoms with Gasteiger partial charge in [0.1, 0.15) is 0 Å². The first-order chi connectivity index (χ1) is 11.0. The SMILES string of the molecule is CC(=CCSc1ccccc1)CCC=C(C)CCC1OC1(C)C. The van der Waals surface area contributed by atoms with E-state index in [4.69, 9.17) is 4.74 Å². The molecule has 2 rings (SSSR count). The van der Waals surface area contributed by atoms with E-state index >= 15 is 0 Å². The Balaban J connectivity index is 1.60. The zero-order valence-electron chi connectivity index (χ0n) is 15.0. The molecule has 126 valence electrons. The fraction of sp³-hybridized carbons (Fsp3) is 0.524. The van der Waals surface area contributed by atoms with Crippen LogP contribution in [0.2, 0.25) is 0 Å². The molecule has 0 N–H and O–H groups in total. The number of allylic oxidation sites excluding steroid dienone is 3. The van der Waals surface area contributed by atoms with Gasteiger partial charge in [-0.3, -0.25) is 0 Å². The van der Waals surface area contributed by atoms with Gasteiger partial charge in [0.15, 0.2) is 0 Å². The van der Waals surface area contributed by atoms with Gasteiger partial charge in [-0.25, -0.2) is 0 Å². The average molecular weight is 331 g/mol. The predicted octanol–water partition coefficient (Wildman–Crippen LogP) is 6.41. The lowest BCUT2D eigenvalue weighted by atomic mass is 10.0. The highest BCUT2D eigenvalue weighted by atomic mass is 32.2. The number of ether oxygens (including phenoxy) is 1. The number of hydrogen-bond donors (Lipinski definition) is 0. The van der Waals surface area contributed by atoms with Gasteiger partial charge >= 0.3 is 0 Å². The summed E-state index contributed by atoms with van der Waals surface area (Å²) in [5.74, 6) is 1.06. The molecule has 1 saturated heterocycles. The summed E-state index contributed by atoms with van der Waals surface area (Å²) in [5, 5.41) is 0. The summed E-state index contributed by atoms with van der Waals surface area (Å²) in [6, 6.07) is 10.6. The summed E-state index contributed by atoms with van der Waals surface area (Å²) in [7, 11) is 0. The Bertz CT molecular complexity index is 542. The lowest BCUT2D eigenvalue weighted by molar-refractivity contribution is 0.320. The molecular weight excluding hydrogens is 300 g/mol.